The second-order valence-corrected chi connectivity index (χ2v) is 13.3. The minimum Gasteiger partial charge on any atom is -0.462 e. The van der Waals surface area contributed by atoms with Gasteiger partial charge in [0.1, 0.15) is 11.7 Å². The van der Waals surface area contributed by atoms with Gasteiger partial charge < -0.3 is 9.84 Å². The Labute approximate surface area is 207 Å². The van der Waals surface area contributed by atoms with Gasteiger partial charge in [0.05, 0.1) is 0 Å². The summed E-state index contributed by atoms with van der Waals surface area (Å²) in [7, 11) is 0. The Balaban J connectivity index is 1.55. The zero-order valence-electron chi connectivity index (χ0n) is 22.6. The molecular weight excluding hydrogens is 424 g/mol. The molecular formula is C30H48O4. The molecule has 0 aromatic rings. The highest BCUT2D eigenvalue weighted by Crippen LogP contribution is 2.68. The topological polar surface area (TPSA) is 63.6 Å². The molecule has 0 unspecified atom stereocenters. The van der Waals surface area contributed by atoms with Gasteiger partial charge in [0, 0.05) is 25.2 Å². The first-order chi connectivity index (χ1) is 15.8. The van der Waals surface area contributed by atoms with E-state index >= 15 is 0 Å². The fourth-order valence-electron chi connectivity index (χ4n) is 8.95. The summed E-state index contributed by atoms with van der Waals surface area (Å²) in [5, 5.41) is 11.8. The molecule has 0 bridgehead atoms. The van der Waals surface area contributed by atoms with Crippen molar-refractivity contribution < 1.29 is 19.4 Å². The molecule has 4 nitrogen and oxygen atoms in total. The number of carbonyl (C=O) groups excluding carboxylic acids is 2. The first-order valence-corrected chi connectivity index (χ1v) is 13.9. The maximum absolute atomic E-state index is 13.6. The van der Waals surface area contributed by atoms with E-state index in [1.165, 1.54) is 26.2 Å². The summed E-state index contributed by atoms with van der Waals surface area (Å²) < 4.78 is 5.46. The summed E-state index contributed by atoms with van der Waals surface area (Å²) in [6.45, 7) is 15.4. The minimum atomic E-state index is -1.36. The Hall–Kier alpha value is -1.16. The van der Waals surface area contributed by atoms with E-state index in [0.29, 0.717) is 47.8 Å². The fourth-order valence-corrected chi connectivity index (χ4v) is 8.95. The molecule has 0 aromatic carbocycles. The molecule has 4 fully saturated rings. The van der Waals surface area contributed by atoms with Crippen molar-refractivity contribution in [3.63, 3.8) is 0 Å². The Kier molecular flexibility index (Phi) is 6.90. The first kappa shape index (κ1) is 25.9. The Bertz CT molecular complexity index is 832. The number of allylic oxidation sites excluding steroid dienone is 2. The highest BCUT2D eigenvalue weighted by molar-refractivity contribution is 5.89. The summed E-state index contributed by atoms with van der Waals surface area (Å²) >= 11 is 0. The summed E-state index contributed by atoms with van der Waals surface area (Å²) in [5.41, 5.74) is -1.50. The van der Waals surface area contributed by atoms with Crippen LogP contribution in [0.5, 0.6) is 0 Å². The van der Waals surface area contributed by atoms with Crippen LogP contribution in [0.3, 0.4) is 0 Å². The van der Waals surface area contributed by atoms with E-state index in [1.54, 1.807) is 0 Å². The monoisotopic (exact) mass is 472 g/mol. The lowest BCUT2D eigenvalue weighted by atomic mass is 9.42. The van der Waals surface area contributed by atoms with Gasteiger partial charge in [0.15, 0.2) is 5.78 Å². The molecule has 0 amide bonds. The van der Waals surface area contributed by atoms with Gasteiger partial charge in [-0.1, -0.05) is 53.7 Å². The van der Waals surface area contributed by atoms with E-state index in [1.807, 2.05) is 0 Å². The van der Waals surface area contributed by atoms with Crippen LogP contribution in [0.25, 0.3) is 0 Å². The molecule has 10 atom stereocenters. The van der Waals surface area contributed by atoms with Crippen molar-refractivity contribution in [1.29, 1.82) is 0 Å². The molecule has 0 radical (unpaired) electrons. The summed E-state index contributed by atoms with van der Waals surface area (Å²) in [5.74, 6) is 3.46. The van der Waals surface area contributed by atoms with E-state index in [-0.39, 0.29) is 29.7 Å². The van der Waals surface area contributed by atoms with E-state index in [0.717, 1.165) is 19.3 Å². The number of fused-ring (bicyclic) bond motifs is 5. The van der Waals surface area contributed by atoms with Crippen molar-refractivity contribution in [2.75, 3.05) is 0 Å². The van der Waals surface area contributed by atoms with Crippen LogP contribution < -0.4 is 0 Å². The van der Waals surface area contributed by atoms with Gasteiger partial charge in [-0.15, -0.1) is 0 Å². The smallest absolute Gasteiger partial charge is 0.302 e. The van der Waals surface area contributed by atoms with Crippen LogP contribution in [0.4, 0.5) is 0 Å². The predicted molar refractivity (Wildman–Crippen MR) is 135 cm³/mol. The van der Waals surface area contributed by atoms with Crippen molar-refractivity contribution in [1.82, 2.24) is 0 Å². The molecule has 34 heavy (non-hydrogen) atoms. The lowest BCUT2D eigenvalue weighted by molar-refractivity contribution is -0.217. The van der Waals surface area contributed by atoms with Gasteiger partial charge in [0.2, 0.25) is 0 Å². The van der Waals surface area contributed by atoms with Gasteiger partial charge in [-0.3, -0.25) is 9.59 Å². The maximum atomic E-state index is 13.6. The molecule has 192 valence electrons. The van der Waals surface area contributed by atoms with Gasteiger partial charge >= 0.3 is 5.97 Å². The number of carbonyl (C=O) groups is 2. The molecule has 0 spiro atoms. The number of hydrogen-bond donors (Lipinski definition) is 1. The van der Waals surface area contributed by atoms with E-state index in [4.69, 9.17) is 4.74 Å². The SMILES string of the molecule is CC(=O)O[C@H]1CC[C@]2(C)[C@@H]3CC[C@@]4(C)[C@H](CC[C@H]4[C@@H](C)/C=C/[C@H](C)C(C)C)[C@H]3CC(=O)[C@@]2(O)C1. The third kappa shape index (κ3) is 4.00. The summed E-state index contributed by atoms with van der Waals surface area (Å²) in [6.07, 6.45) is 11.5. The third-order valence-corrected chi connectivity index (χ3v) is 11.4. The van der Waals surface area contributed by atoms with Crippen LogP contribution in [0, 0.1) is 52.3 Å². The highest BCUT2D eigenvalue weighted by atomic mass is 16.5. The molecule has 0 saturated heterocycles. The van der Waals surface area contributed by atoms with Crippen LogP contribution in [-0.4, -0.2) is 28.6 Å². The molecule has 4 saturated carbocycles. The lowest BCUT2D eigenvalue weighted by Gasteiger charge is -2.63. The molecule has 4 aliphatic carbocycles. The average molecular weight is 473 g/mol. The maximum Gasteiger partial charge on any atom is 0.302 e. The van der Waals surface area contributed by atoms with Crippen LogP contribution in [0.15, 0.2) is 12.2 Å². The zero-order chi connectivity index (χ0) is 25.1. The predicted octanol–water partition coefficient (Wildman–Crippen LogP) is 6.36. The molecule has 0 heterocycles. The summed E-state index contributed by atoms with van der Waals surface area (Å²) in [6, 6.07) is 0. The van der Waals surface area contributed by atoms with E-state index in [2.05, 4.69) is 53.7 Å². The molecule has 4 aliphatic rings. The van der Waals surface area contributed by atoms with Crippen molar-refractivity contribution in [3.8, 4) is 0 Å². The van der Waals surface area contributed by atoms with Crippen molar-refractivity contribution in [3.05, 3.63) is 12.2 Å². The number of ether oxygens (including phenoxy) is 1. The van der Waals surface area contributed by atoms with E-state index in [9.17, 15) is 14.7 Å². The molecule has 0 aromatic heterocycles. The molecule has 4 heteroatoms. The standard InChI is InChI=1S/C30H48O4/c1-18(2)19(3)8-9-20(4)24-10-11-25-23-16-27(32)30(33)17-22(34-21(5)31)12-15-29(30,7)26(23)13-14-28(24,25)6/h8-9,18-20,22-26,33H,10-17H2,1-7H3/b9-8+/t19-,20-,22-,23+,24-,25+,26+,28+,29+,30-/m0/s1. The van der Waals surface area contributed by atoms with Gasteiger partial charge in [-0.2, -0.15) is 0 Å². The quantitative estimate of drug-likeness (QED) is 0.374. The Morgan fingerprint density at radius 2 is 1.74 bits per heavy atom. The van der Waals surface area contributed by atoms with E-state index < -0.39 is 11.0 Å². The largest absolute Gasteiger partial charge is 0.462 e. The normalized spacial score (nSPS) is 46.0. The number of ketones is 1. The van der Waals surface area contributed by atoms with Crippen molar-refractivity contribution >= 4 is 11.8 Å². The molecule has 0 aliphatic heterocycles. The number of aliphatic hydroxyl groups is 1. The van der Waals surface area contributed by atoms with Crippen LogP contribution in [-0.2, 0) is 14.3 Å². The lowest BCUT2D eigenvalue weighted by Crippen LogP contribution is -2.67. The van der Waals surface area contributed by atoms with Crippen LogP contribution in [0.1, 0.15) is 99.8 Å². The van der Waals surface area contributed by atoms with Crippen molar-refractivity contribution in [2.24, 2.45) is 52.3 Å². The third-order valence-electron chi connectivity index (χ3n) is 11.4. The van der Waals surface area contributed by atoms with Gasteiger partial charge in [-0.05, 0) is 85.4 Å². The number of esters is 1. The van der Waals surface area contributed by atoms with Crippen molar-refractivity contribution in [2.45, 2.75) is 112 Å². The van der Waals surface area contributed by atoms with Crippen LogP contribution in [0.2, 0.25) is 0 Å². The first-order valence-electron chi connectivity index (χ1n) is 13.9. The second kappa shape index (κ2) is 9.05. The number of Topliss-reactive ketones (excluding diaryl/α,β-unsaturated/α-hetero) is 1. The molecule has 1 N–H and O–H groups in total. The second-order valence-electron chi connectivity index (χ2n) is 13.3. The van der Waals surface area contributed by atoms with Gasteiger partial charge in [0.25, 0.3) is 0 Å². The van der Waals surface area contributed by atoms with Gasteiger partial charge in [-0.25, -0.2) is 0 Å². The Morgan fingerprint density at radius 1 is 1.03 bits per heavy atom. The number of rotatable bonds is 5. The highest BCUT2D eigenvalue weighted by Gasteiger charge is 2.68. The number of hydrogen-bond acceptors (Lipinski definition) is 4. The minimum absolute atomic E-state index is 0.000459. The average Bonchev–Trinajstić information content (AvgIpc) is 3.11. The fraction of sp³-hybridized carbons (Fsp3) is 0.867. The summed E-state index contributed by atoms with van der Waals surface area (Å²) in [4.78, 5) is 25.1. The molecule has 4 rings (SSSR count). The Morgan fingerprint density at radius 3 is 2.38 bits per heavy atom. The zero-order valence-corrected chi connectivity index (χ0v) is 22.6. The van der Waals surface area contributed by atoms with Crippen LogP contribution >= 0.6 is 0 Å².